The molecule has 1 N–H and O–H groups in total. The minimum Gasteiger partial charge on any atom is -0.457 e. The Kier molecular flexibility index (Phi) is 5.05. The van der Waals surface area contributed by atoms with Crippen molar-refractivity contribution in [3.63, 3.8) is 0 Å². The summed E-state index contributed by atoms with van der Waals surface area (Å²) in [6.07, 6.45) is 2.31. The Labute approximate surface area is 176 Å². The van der Waals surface area contributed by atoms with Crippen molar-refractivity contribution in [2.24, 2.45) is 5.92 Å². The number of hydrogen-bond donors (Lipinski definition) is 1. The van der Waals surface area contributed by atoms with E-state index in [9.17, 15) is 4.79 Å². The largest absolute Gasteiger partial charge is 0.457 e. The second-order valence-corrected chi connectivity index (χ2v) is 8.19. The summed E-state index contributed by atoms with van der Waals surface area (Å²) in [4.78, 5) is 15.4. The fourth-order valence-electron chi connectivity index (χ4n) is 4.75. The van der Waals surface area contributed by atoms with Crippen LogP contribution in [0.1, 0.15) is 30.3 Å². The van der Waals surface area contributed by atoms with Crippen molar-refractivity contribution in [2.75, 3.05) is 13.1 Å². The van der Waals surface area contributed by atoms with E-state index in [0.717, 1.165) is 37.2 Å². The maximum Gasteiger partial charge on any atom is 0.287 e. The molecule has 2 atom stereocenters. The molecule has 6 rings (SSSR count). The maximum absolute atomic E-state index is 12.9. The quantitative estimate of drug-likeness (QED) is 0.656. The van der Waals surface area contributed by atoms with Crippen molar-refractivity contribution in [1.29, 1.82) is 0 Å². The number of benzene rings is 2. The Hall–Kier alpha value is -3.05. The standard InChI is InChI=1S/C25H26N2O3/c1-17-24(18-13-15-27(17)16-14-18)26-25(28)23-12-11-22(30-23)20-9-5-6-10-21(20)29-19-7-3-2-4-8-19/h2-12,17-18,24H,13-16H2,1H3,(H,26,28)/t17-,24-/m0/s1. The number of nitrogens with zero attached hydrogens (tertiary/aromatic N) is 1. The van der Waals surface area contributed by atoms with E-state index in [1.54, 1.807) is 6.07 Å². The molecule has 1 aromatic heterocycles. The van der Waals surface area contributed by atoms with Gasteiger partial charge in [0.1, 0.15) is 17.3 Å². The van der Waals surface area contributed by atoms with Crippen LogP contribution >= 0.6 is 0 Å². The smallest absolute Gasteiger partial charge is 0.287 e. The van der Waals surface area contributed by atoms with Gasteiger partial charge in [0.15, 0.2) is 5.76 Å². The molecular weight excluding hydrogens is 376 g/mol. The third kappa shape index (κ3) is 3.61. The summed E-state index contributed by atoms with van der Waals surface area (Å²) in [7, 11) is 0. The van der Waals surface area contributed by atoms with Crippen LogP contribution in [0.25, 0.3) is 11.3 Å². The van der Waals surface area contributed by atoms with Gasteiger partial charge in [0.2, 0.25) is 0 Å². The first-order valence-corrected chi connectivity index (χ1v) is 10.7. The third-order valence-electron chi connectivity index (χ3n) is 6.43. The highest BCUT2D eigenvalue weighted by molar-refractivity contribution is 5.92. The Morgan fingerprint density at radius 2 is 1.73 bits per heavy atom. The van der Waals surface area contributed by atoms with E-state index in [1.165, 1.54) is 0 Å². The molecule has 4 heterocycles. The number of piperidine rings is 3. The number of para-hydroxylation sites is 2. The Morgan fingerprint density at radius 3 is 2.50 bits per heavy atom. The zero-order valence-corrected chi connectivity index (χ0v) is 17.1. The van der Waals surface area contributed by atoms with Gasteiger partial charge in [-0.05, 0) is 75.2 Å². The van der Waals surface area contributed by atoms with E-state index < -0.39 is 0 Å². The third-order valence-corrected chi connectivity index (χ3v) is 6.43. The van der Waals surface area contributed by atoms with Crippen LogP contribution in [-0.2, 0) is 0 Å². The van der Waals surface area contributed by atoms with Gasteiger partial charge < -0.3 is 14.5 Å². The molecule has 0 saturated carbocycles. The summed E-state index contributed by atoms with van der Waals surface area (Å²) in [6.45, 7) is 4.49. The van der Waals surface area contributed by atoms with Crippen LogP contribution in [-0.4, -0.2) is 36.0 Å². The van der Waals surface area contributed by atoms with E-state index in [1.807, 2.05) is 60.7 Å². The SMILES string of the molecule is C[C@H]1[C@H](NC(=O)c2ccc(-c3ccccc3Oc3ccccc3)o2)C2CCN1CC2. The Balaban J connectivity index is 1.34. The first-order chi connectivity index (χ1) is 14.7. The predicted octanol–water partition coefficient (Wildman–Crippen LogP) is 4.95. The highest BCUT2D eigenvalue weighted by atomic mass is 16.5. The lowest BCUT2D eigenvalue weighted by Gasteiger charge is -2.49. The van der Waals surface area contributed by atoms with Gasteiger partial charge >= 0.3 is 0 Å². The Bertz CT molecular complexity index is 1020. The number of furan rings is 1. The van der Waals surface area contributed by atoms with Crippen LogP contribution in [0.15, 0.2) is 71.1 Å². The van der Waals surface area contributed by atoms with E-state index in [0.29, 0.717) is 29.2 Å². The van der Waals surface area contributed by atoms with Crippen LogP contribution in [0.5, 0.6) is 11.5 Å². The van der Waals surface area contributed by atoms with Crippen molar-refractivity contribution in [2.45, 2.75) is 31.8 Å². The van der Waals surface area contributed by atoms with Gasteiger partial charge in [-0.25, -0.2) is 0 Å². The molecule has 2 aromatic carbocycles. The molecule has 5 heteroatoms. The summed E-state index contributed by atoms with van der Waals surface area (Å²) >= 11 is 0. The van der Waals surface area contributed by atoms with E-state index in [-0.39, 0.29) is 11.9 Å². The zero-order valence-electron chi connectivity index (χ0n) is 17.1. The lowest BCUT2D eigenvalue weighted by molar-refractivity contribution is 0.0211. The second-order valence-electron chi connectivity index (χ2n) is 8.19. The first-order valence-electron chi connectivity index (χ1n) is 10.7. The van der Waals surface area contributed by atoms with Crippen molar-refractivity contribution in [3.8, 4) is 22.8 Å². The number of fused-ring (bicyclic) bond motifs is 3. The van der Waals surface area contributed by atoms with Gasteiger partial charge in [-0.1, -0.05) is 30.3 Å². The van der Waals surface area contributed by atoms with Gasteiger partial charge in [0.05, 0.1) is 5.56 Å². The van der Waals surface area contributed by atoms with E-state index in [2.05, 4.69) is 17.1 Å². The fraction of sp³-hybridized carbons (Fsp3) is 0.320. The number of nitrogens with one attached hydrogen (secondary N) is 1. The Morgan fingerprint density at radius 1 is 1.00 bits per heavy atom. The van der Waals surface area contributed by atoms with Crippen molar-refractivity contribution >= 4 is 5.91 Å². The number of amides is 1. The van der Waals surface area contributed by atoms with Crippen LogP contribution < -0.4 is 10.1 Å². The number of rotatable bonds is 5. The molecule has 2 bridgehead atoms. The van der Waals surface area contributed by atoms with Crippen molar-refractivity contribution in [1.82, 2.24) is 10.2 Å². The first kappa shape index (κ1) is 18.9. The molecule has 1 amide bonds. The average molecular weight is 402 g/mol. The molecule has 0 spiro atoms. The molecule has 30 heavy (non-hydrogen) atoms. The average Bonchev–Trinajstić information content (AvgIpc) is 3.28. The lowest BCUT2D eigenvalue weighted by Crippen LogP contribution is -2.62. The van der Waals surface area contributed by atoms with Crippen LogP contribution in [0.2, 0.25) is 0 Å². The van der Waals surface area contributed by atoms with Crippen LogP contribution in [0.3, 0.4) is 0 Å². The highest BCUT2D eigenvalue weighted by Gasteiger charge is 2.40. The molecule has 3 fully saturated rings. The maximum atomic E-state index is 12.9. The zero-order chi connectivity index (χ0) is 20.5. The summed E-state index contributed by atoms with van der Waals surface area (Å²) < 4.78 is 12.0. The van der Waals surface area contributed by atoms with Gasteiger partial charge in [-0.3, -0.25) is 9.69 Å². The number of carbonyl (C=O) groups is 1. The highest BCUT2D eigenvalue weighted by Crippen LogP contribution is 2.35. The summed E-state index contributed by atoms with van der Waals surface area (Å²) in [5.41, 5.74) is 0.816. The minimum atomic E-state index is -0.145. The normalized spacial score (nSPS) is 25.1. The molecule has 3 aliphatic heterocycles. The minimum absolute atomic E-state index is 0.145. The van der Waals surface area contributed by atoms with Crippen LogP contribution in [0.4, 0.5) is 0 Å². The summed E-state index contributed by atoms with van der Waals surface area (Å²) in [5, 5.41) is 3.23. The van der Waals surface area contributed by atoms with Crippen LogP contribution in [0, 0.1) is 5.92 Å². The van der Waals surface area contributed by atoms with E-state index >= 15 is 0 Å². The van der Waals surface area contributed by atoms with Gasteiger partial charge in [0.25, 0.3) is 5.91 Å². The molecular formula is C25H26N2O3. The van der Waals surface area contributed by atoms with Crippen molar-refractivity contribution in [3.05, 3.63) is 72.5 Å². The number of ether oxygens (including phenoxy) is 1. The molecule has 0 radical (unpaired) electrons. The fourth-order valence-corrected chi connectivity index (χ4v) is 4.75. The molecule has 0 aliphatic carbocycles. The van der Waals surface area contributed by atoms with Gasteiger partial charge in [-0.15, -0.1) is 0 Å². The summed E-state index contributed by atoms with van der Waals surface area (Å²) in [6, 6.07) is 21.5. The number of carbonyl (C=O) groups excluding carboxylic acids is 1. The van der Waals surface area contributed by atoms with E-state index in [4.69, 9.17) is 9.15 Å². The monoisotopic (exact) mass is 402 g/mol. The molecule has 3 saturated heterocycles. The summed E-state index contributed by atoms with van der Waals surface area (Å²) in [5.74, 6) is 2.82. The topological polar surface area (TPSA) is 54.7 Å². The van der Waals surface area contributed by atoms with Gasteiger partial charge in [0, 0.05) is 12.1 Å². The molecule has 0 unspecified atom stereocenters. The molecule has 3 aliphatic rings. The molecule has 154 valence electrons. The van der Waals surface area contributed by atoms with Crippen molar-refractivity contribution < 1.29 is 13.9 Å². The lowest BCUT2D eigenvalue weighted by atomic mass is 9.79. The number of hydrogen-bond acceptors (Lipinski definition) is 4. The molecule has 3 aromatic rings. The van der Waals surface area contributed by atoms with Gasteiger partial charge in [-0.2, -0.15) is 0 Å². The second kappa shape index (κ2) is 8.00. The predicted molar refractivity (Wildman–Crippen MR) is 116 cm³/mol. The molecule has 5 nitrogen and oxygen atoms in total.